The monoisotopic (exact) mass is 287 g/mol. The Morgan fingerprint density at radius 3 is 2.52 bits per heavy atom. The maximum atomic E-state index is 6.02. The minimum atomic E-state index is 0.113. The predicted molar refractivity (Wildman–Crippen MR) is 90.4 cm³/mol. The average Bonchev–Trinajstić information content (AvgIpc) is 2.53. The van der Waals surface area contributed by atoms with E-state index in [0.29, 0.717) is 6.54 Å². The van der Waals surface area contributed by atoms with Crippen molar-refractivity contribution in [3.63, 3.8) is 0 Å². The molecule has 0 spiro atoms. The summed E-state index contributed by atoms with van der Waals surface area (Å²) in [6.45, 7) is 11.0. The first-order valence-corrected chi connectivity index (χ1v) is 7.99. The number of piperidine rings is 1. The molecule has 1 aliphatic rings. The van der Waals surface area contributed by atoms with Crippen molar-refractivity contribution in [2.45, 2.75) is 31.7 Å². The molecule has 1 heterocycles. The quantitative estimate of drug-likeness (QED) is 0.755. The smallest absolute Gasteiger partial charge is 0.0331 e. The summed E-state index contributed by atoms with van der Waals surface area (Å²) in [5.74, 6) is 0. The van der Waals surface area contributed by atoms with Gasteiger partial charge in [-0.25, -0.2) is 0 Å². The summed E-state index contributed by atoms with van der Waals surface area (Å²) >= 11 is 0. The average molecular weight is 287 g/mol. The van der Waals surface area contributed by atoms with Gasteiger partial charge in [-0.2, -0.15) is 0 Å². The normalized spacial score (nSPS) is 18.6. The van der Waals surface area contributed by atoms with Crippen LogP contribution in [0.5, 0.6) is 0 Å². The summed E-state index contributed by atoms with van der Waals surface area (Å²) in [5.41, 5.74) is 8.74. The highest BCUT2D eigenvalue weighted by atomic mass is 15.2. The van der Waals surface area contributed by atoms with Crippen molar-refractivity contribution in [2.24, 2.45) is 5.73 Å². The molecule has 1 aliphatic heterocycles. The van der Waals surface area contributed by atoms with Crippen molar-refractivity contribution in [1.82, 2.24) is 10.2 Å². The van der Waals surface area contributed by atoms with Crippen LogP contribution >= 0.6 is 0 Å². The third-order valence-corrected chi connectivity index (χ3v) is 4.53. The first-order valence-electron chi connectivity index (χ1n) is 7.99. The molecule has 2 rings (SSSR count). The van der Waals surface area contributed by atoms with Gasteiger partial charge >= 0.3 is 0 Å². The van der Waals surface area contributed by atoms with Crippen LogP contribution in [0.15, 0.2) is 42.5 Å². The summed E-state index contributed by atoms with van der Waals surface area (Å²) in [5, 5.41) is 3.63. The van der Waals surface area contributed by atoms with Crippen LogP contribution in [-0.4, -0.2) is 43.2 Å². The molecule has 1 aromatic rings. The highest BCUT2D eigenvalue weighted by molar-refractivity contribution is 5.15. The Labute approximate surface area is 129 Å². The maximum Gasteiger partial charge on any atom is 0.0331 e. The number of nitrogens with one attached hydrogen (secondary N) is 1. The van der Waals surface area contributed by atoms with Gasteiger partial charge in [-0.15, -0.1) is 0 Å². The van der Waals surface area contributed by atoms with Crippen LogP contribution in [0.4, 0.5) is 0 Å². The minimum absolute atomic E-state index is 0.113. The second-order valence-electron chi connectivity index (χ2n) is 6.37. The molecule has 0 saturated carbocycles. The van der Waals surface area contributed by atoms with Crippen LogP contribution < -0.4 is 11.1 Å². The van der Waals surface area contributed by atoms with Crippen molar-refractivity contribution >= 4 is 0 Å². The van der Waals surface area contributed by atoms with Gasteiger partial charge in [0.15, 0.2) is 0 Å². The van der Waals surface area contributed by atoms with Crippen LogP contribution in [0.25, 0.3) is 0 Å². The zero-order valence-electron chi connectivity index (χ0n) is 13.3. The van der Waals surface area contributed by atoms with E-state index >= 15 is 0 Å². The number of hydrogen-bond donors (Lipinski definition) is 2. The van der Waals surface area contributed by atoms with Crippen molar-refractivity contribution in [1.29, 1.82) is 0 Å². The number of nitrogens with two attached hydrogens (primary N) is 1. The minimum Gasteiger partial charge on any atom is -0.329 e. The Morgan fingerprint density at radius 1 is 1.29 bits per heavy atom. The lowest BCUT2D eigenvalue weighted by Crippen LogP contribution is -2.58. The van der Waals surface area contributed by atoms with Gasteiger partial charge in [0, 0.05) is 25.2 Å². The molecule has 0 aromatic heterocycles. The summed E-state index contributed by atoms with van der Waals surface area (Å²) in [6.07, 6.45) is 3.40. The molecule has 0 amide bonds. The molecular formula is C18H29N3. The Hall–Kier alpha value is -1.16. The SMILES string of the molecule is C=C(C)CNC1(CN)CCN(CCc2ccccc2)CC1. The fraction of sp³-hybridized carbons (Fsp3) is 0.556. The lowest BCUT2D eigenvalue weighted by Gasteiger charge is -2.42. The van der Waals surface area contributed by atoms with Crippen molar-refractivity contribution < 1.29 is 0 Å². The molecule has 3 nitrogen and oxygen atoms in total. The van der Waals surface area contributed by atoms with Gasteiger partial charge in [-0.3, -0.25) is 0 Å². The van der Waals surface area contributed by atoms with Crippen molar-refractivity contribution in [3.8, 4) is 0 Å². The summed E-state index contributed by atoms with van der Waals surface area (Å²) < 4.78 is 0. The molecular weight excluding hydrogens is 258 g/mol. The standard InChI is InChI=1S/C18H29N3/c1-16(2)14-20-18(15-19)9-12-21(13-10-18)11-8-17-6-4-3-5-7-17/h3-7,20H,1,8-15,19H2,2H3. The third kappa shape index (κ3) is 4.95. The second kappa shape index (κ2) is 7.74. The Kier molecular flexibility index (Phi) is 5.97. The lowest BCUT2D eigenvalue weighted by molar-refractivity contribution is 0.143. The van der Waals surface area contributed by atoms with Gasteiger partial charge < -0.3 is 16.0 Å². The summed E-state index contributed by atoms with van der Waals surface area (Å²) in [6, 6.07) is 10.7. The van der Waals surface area contributed by atoms with Gasteiger partial charge in [0.25, 0.3) is 0 Å². The molecule has 21 heavy (non-hydrogen) atoms. The van der Waals surface area contributed by atoms with E-state index in [4.69, 9.17) is 5.73 Å². The van der Waals surface area contributed by atoms with Crippen LogP contribution in [0, 0.1) is 0 Å². The van der Waals surface area contributed by atoms with Crippen LogP contribution in [-0.2, 0) is 6.42 Å². The van der Waals surface area contributed by atoms with Gasteiger partial charge in [0.05, 0.1) is 0 Å². The molecule has 1 fully saturated rings. The first kappa shape index (κ1) is 16.2. The van der Waals surface area contributed by atoms with E-state index in [9.17, 15) is 0 Å². The van der Waals surface area contributed by atoms with Crippen LogP contribution in [0.1, 0.15) is 25.3 Å². The molecule has 0 bridgehead atoms. The van der Waals surface area contributed by atoms with Gasteiger partial charge in [0.2, 0.25) is 0 Å². The molecule has 3 heteroatoms. The zero-order valence-corrected chi connectivity index (χ0v) is 13.3. The molecule has 1 aromatic carbocycles. The van der Waals surface area contributed by atoms with E-state index in [1.165, 1.54) is 11.1 Å². The summed E-state index contributed by atoms with van der Waals surface area (Å²) in [7, 11) is 0. The largest absolute Gasteiger partial charge is 0.329 e. The zero-order chi connectivity index (χ0) is 15.1. The Balaban J connectivity index is 1.77. The fourth-order valence-corrected chi connectivity index (χ4v) is 2.93. The molecule has 0 radical (unpaired) electrons. The molecule has 0 atom stereocenters. The van der Waals surface area contributed by atoms with Gasteiger partial charge in [-0.1, -0.05) is 42.5 Å². The van der Waals surface area contributed by atoms with E-state index in [-0.39, 0.29) is 5.54 Å². The van der Waals surface area contributed by atoms with E-state index in [2.05, 4.69) is 54.1 Å². The van der Waals surface area contributed by atoms with E-state index < -0.39 is 0 Å². The van der Waals surface area contributed by atoms with Gasteiger partial charge in [0.1, 0.15) is 0 Å². The molecule has 1 saturated heterocycles. The van der Waals surface area contributed by atoms with Gasteiger partial charge in [-0.05, 0) is 44.8 Å². The highest BCUT2D eigenvalue weighted by Crippen LogP contribution is 2.21. The highest BCUT2D eigenvalue weighted by Gasteiger charge is 2.32. The maximum absolute atomic E-state index is 6.02. The van der Waals surface area contributed by atoms with E-state index in [1.807, 2.05) is 0 Å². The van der Waals surface area contributed by atoms with Crippen molar-refractivity contribution in [2.75, 3.05) is 32.7 Å². The number of hydrogen-bond acceptors (Lipinski definition) is 3. The number of nitrogens with zero attached hydrogens (tertiary/aromatic N) is 1. The molecule has 3 N–H and O–H groups in total. The number of benzene rings is 1. The summed E-state index contributed by atoms with van der Waals surface area (Å²) in [4.78, 5) is 2.56. The molecule has 0 unspecified atom stereocenters. The van der Waals surface area contributed by atoms with Crippen LogP contribution in [0.3, 0.4) is 0 Å². The van der Waals surface area contributed by atoms with E-state index in [1.54, 1.807) is 0 Å². The Morgan fingerprint density at radius 2 is 1.95 bits per heavy atom. The molecule has 116 valence electrons. The van der Waals surface area contributed by atoms with E-state index in [0.717, 1.165) is 45.4 Å². The third-order valence-electron chi connectivity index (χ3n) is 4.53. The number of rotatable bonds is 7. The number of likely N-dealkylation sites (tertiary alicyclic amines) is 1. The van der Waals surface area contributed by atoms with Crippen LogP contribution in [0.2, 0.25) is 0 Å². The second-order valence-corrected chi connectivity index (χ2v) is 6.37. The van der Waals surface area contributed by atoms with Crippen molar-refractivity contribution in [3.05, 3.63) is 48.0 Å². The lowest BCUT2D eigenvalue weighted by atomic mass is 9.87. The predicted octanol–water partition coefficient (Wildman–Crippen LogP) is 2.19. The fourth-order valence-electron chi connectivity index (χ4n) is 2.93. The Bertz CT molecular complexity index is 433. The molecule has 0 aliphatic carbocycles. The first-order chi connectivity index (χ1) is 10.1. The topological polar surface area (TPSA) is 41.3 Å².